The standard InChI is InChI=1S/C24H28N8OS2/c1-15(2)31-11-9-30(10-12-31)14-22(33)26-23-25-19-6-5-17(13-20(19)35-23)34-24-28-27-21-8-7-18(16-3-4-16)29-32(21)24/h5-8,13,15-16H,3-4,9-12,14H2,1-2H3,(H,25,26,33). The van der Waals surface area contributed by atoms with Crippen molar-refractivity contribution < 1.29 is 4.79 Å². The van der Waals surface area contributed by atoms with Gasteiger partial charge in [0.25, 0.3) is 0 Å². The molecular weight excluding hydrogens is 480 g/mol. The molecule has 1 saturated carbocycles. The van der Waals surface area contributed by atoms with Gasteiger partial charge in [0.05, 0.1) is 22.5 Å². The maximum Gasteiger partial charge on any atom is 0.240 e. The van der Waals surface area contributed by atoms with Gasteiger partial charge < -0.3 is 5.32 Å². The Morgan fingerprint density at radius 3 is 2.74 bits per heavy atom. The molecule has 11 heteroatoms. The van der Waals surface area contributed by atoms with Gasteiger partial charge >= 0.3 is 0 Å². The number of piperazine rings is 1. The summed E-state index contributed by atoms with van der Waals surface area (Å²) in [6, 6.07) is 10.7. The van der Waals surface area contributed by atoms with Gasteiger partial charge in [0, 0.05) is 43.0 Å². The van der Waals surface area contributed by atoms with Crippen LogP contribution in [0.1, 0.15) is 38.3 Å². The average molecular weight is 509 g/mol. The van der Waals surface area contributed by atoms with Gasteiger partial charge in [-0.15, -0.1) is 10.2 Å². The van der Waals surface area contributed by atoms with Crippen LogP contribution in [0.2, 0.25) is 0 Å². The normalized spacial score (nSPS) is 17.6. The first kappa shape index (κ1) is 22.8. The Morgan fingerprint density at radius 1 is 1.14 bits per heavy atom. The molecule has 0 spiro atoms. The summed E-state index contributed by atoms with van der Waals surface area (Å²) in [6.45, 7) is 8.68. The minimum atomic E-state index is -0.0101. The van der Waals surface area contributed by atoms with E-state index in [1.54, 1.807) is 0 Å². The van der Waals surface area contributed by atoms with E-state index in [0.717, 1.165) is 57.8 Å². The van der Waals surface area contributed by atoms with Gasteiger partial charge in [0.15, 0.2) is 10.8 Å². The van der Waals surface area contributed by atoms with Gasteiger partial charge in [0.2, 0.25) is 11.1 Å². The molecule has 1 amide bonds. The van der Waals surface area contributed by atoms with Crippen molar-refractivity contribution in [2.24, 2.45) is 0 Å². The molecule has 3 aromatic heterocycles. The van der Waals surface area contributed by atoms with Crippen molar-refractivity contribution in [1.82, 2.24) is 34.6 Å². The third-order valence-electron chi connectivity index (χ3n) is 6.57. The van der Waals surface area contributed by atoms with Gasteiger partial charge in [0.1, 0.15) is 0 Å². The number of nitrogens with zero attached hydrogens (tertiary/aromatic N) is 7. The second kappa shape index (κ2) is 9.45. The Morgan fingerprint density at radius 2 is 1.97 bits per heavy atom. The number of carbonyl (C=O) groups is 1. The fraction of sp³-hybridized carbons (Fsp3) is 0.458. The largest absolute Gasteiger partial charge is 0.301 e. The maximum absolute atomic E-state index is 12.6. The van der Waals surface area contributed by atoms with E-state index in [4.69, 9.17) is 5.10 Å². The van der Waals surface area contributed by atoms with Gasteiger partial charge in [-0.3, -0.25) is 14.6 Å². The molecule has 0 bridgehead atoms. The molecule has 4 aromatic rings. The highest BCUT2D eigenvalue weighted by molar-refractivity contribution is 7.99. The van der Waals surface area contributed by atoms with Crippen molar-refractivity contribution >= 4 is 50.0 Å². The molecule has 0 atom stereocenters. The number of fused-ring (bicyclic) bond motifs is 2. The number of aromatic nitrogens is 5. The van der Waals surface area contributed by atoms with E-state index >= 15 is 0 Å². The zero-order valence-electron chi connectivity index (χ0n) is 19.8. The van der Waals surface area contributed by atoms with Crippen LogP contribution in [-0.4, -0.2) is 79.3 Å². The number of anilines is 1. The molecule has 6 rings (SSSR count). The molecule has 4 heterocycles. The first-order chi connectivity index (χ1) is 17.0. The van der Waals surface area contributed by atoms with Crippen LogP contribution in [0.25, 0.3) is 15.9 Å². The predicted octanol–water partition coefficient (Wildman–Crippen LogP) is 3.73. The Bertz CT molecular complexity index is 1370. The molecule has 1 aliphatic carbocycles. The number of rotatable bonds is 7. The molecule has 2 aliphatic rings. The Hall–Kier alpha value is -2.60. The van der Waals surface area contributed by atoms with E-state index < -0.39 is 0 Å². The lowest BCUT2D eigenvalue weighted by Gasteiger charge is -2.36. The molecule has 1 aromatic carbocycles. The van der Waals surface area contributed by atoms with Crippen LogP contribution in [0.5, 0.6) is 0 Å². The Kier molecular flexibility index (Phi) is 6.17. The molecule has 2 fully saturated rings. The molecule has 1 saturated heterocycles. The van der Waals surface area contributed by atoms with Crippen molar-refractivity contribution in [3.63, 3.8) is 0 Å². The van der Waals surface area contributed by atoms with Gasteiger partial charge in [-0.05, 0) is 68.8 Å². The number of amides is 1. The lowest BCUT2D eigenvalue weighted by molar-refractivity contribution is -0.117. The van der Waals surface area contributed by atoms with Gasteiger partial charge in [-0.2, -0.15) is 9.61 Å². The number of nitrogens with one attached hydrogen (secondary N) is 1. The van der Waals surface area contributed by atoms with Crippen LogP contribution < -0.4 is 5.32 Å². The maximum atomic E-state index is 12.6. The minimum Gasteiger partial charge on any atom is -0.301 e. The van der Waals surface area contributed by atoms with Gasteiger partial charge in [-0.25, -0.2) is 4.98 Å². The van der Waals surface area contributed by atoms with E-state index in [1.807, 2.05) is 22.7 Å². The zero-order chi connectivity index (χ0) is 23.9. The van der Waals surface area contributed by atoms with E-state index in [-0.39, 0.29) is 5.91 Å². The second-order valence-electron chi connectivity index (χ2n) is 9.49. The lowest BCUT2D eigenvalue weighted by Crippen LogP contribution is -2.50. The first-order valence-corrected chi connectivity index (χ1v) is 13.7. The molecule has 0 unspecified atom stereocenters. The topological polar surface area (TPSA) is 91.5 Å². The Balaban J connectivity index is 1.12. The van der Waals surface area contributed by atoms with Crippen LogP contribution >= 0.6 is 23.1 Å². The van der Waals surface area contributed by atoms with Crippen molar-refractivity contribution in [2.45, 2.75) is 48.7 Å². The molecule has 35 heavy (non-hydrogen) atoms. The molecule has 9 nitrogen and oxygen atoms in total. The van der Waals surface area contributed by atoms with Crippen molar-refractivity contribution in [1.29, 1.82) is 0 Å². The van der Waals surface area contributed by atoms with E-state index in [9.17, 15) is 4.79 Å². The predicted molar refractivity (Wildman–Crippen MR) is 138 cm³/mol. The third-order valence-corrected chi connectivity index (χ3v) is 8.43. The van der Waals surface area contributed by atoms with Crippen molar-refractivity contribution in [2.75, 3.05) is 38.0 Å². The number of carbonyl (C=O) groups excluding carboxylic acids is 1. The fourth-order valence-electron chi connectivity index (χ4n) is 4.37. The summed E-state index contributed by atoms with van der Waals surface area (Å²) in [6.07, 6.45) is 2.41. The quantitative estimate of drug-likeness (QED) is 0.404. The highest BCUT2D eigenvalue weighted by atomic mass is 32.2. The van der Waals surface area contributed by atoms with Crippen LogP contribution in [0.15, 0.2) is 40.4 Å². The number of benzene rings is 1. The summed E-state index contributed by atoms with van der Waals surface area (Å²) in [5.41, 5.74) is 2.74. The number of hydrogen-bond acceptors (Lipinski definition) is 9. The van der Waals surface area contributed by atoms with Crippen LogP contribution in [-0.2, 0) is 4.79 Å². The van der Waals surface area contributed by atoms with Crippen LogP contribution in [0, 0.1) is 0 Å². The summed E-state index contributed by atoms with van der Waals surface area (Å²) in [4.78, 5) is 22.9. The molecule has 1 N–H and O–H groups in total. The molecular formula is C24H28N8OS2. The molecule has 0 radical (unpaired) electrons. The van der Waals surface area contributed by atoms with Gasteiger partial charge in [-0.1, -0.05) is 11.3 Å². The summed E-state index contributed by atoms with van der Waals surface area (Å²) < 4.78 is 2.86. The first-order valence-electron chi connectivity index (χ1n) is 12.1. The third kappa shape index (κ3) is 5.04. The highest BCUT2D eigenvalue weighted by Crippen LogP contribution is 2.39. The van der Waals surface area contributed by atoms with E-state index in [1.165, 1.54) is 35.9 Å². The smallest absolute Gasteiger partial charge is 0.240 e. The lowest BCUT2D eigenvalue weighted by atomic mass is 10.2. The highest BCUT2D eigenvalue weighted by Gasteiger charge is 2.26. The molecule has 1 aliphatic heterocycles. The van der Waals surface area contributed by atoms with E-state index in [0.29, 0.717) is 23.6 Å². The monoisotopic (exact) mass is 508 g/mol. The number of hydrogen-bond donors (Lipinski definition) is 1. The summed E-state index contributed by atoms with van der Waals surface area (Å²) in [7, 11) is 0. The van der Waals surface area contributed by atoms with Crippen molar-refractivity contribution in [3.8, 4) is 0 Å². The second-order valence-corrected chi connectivity index (χ2v) is 11.6. The zero-order valence-corrected chi connectivity index (χ0v) is 21.5. The average Bonchev–Trinajstić information content (AvgIpc) is 3.51. The Labute approximate surface area is 211 Å². The summed E-state index contributed by atoms with van der Waals surface area (Å²) in [5, 5.41) is 17.7. The van der Waals surface area contributed by atoms with Crippen LogP contribution in [0.3, 0.4) is 0 Å². The summed E-state index contributed by atoms with van der Waals surface area (Å²) >= 11 is 3.03. The molecule has 182 valence electrons. The number of thiazole rings is 1. The summed E-state index contributed by atoms with van der Waals surface area (Å²) in [5.74, 6) is 0.565. The minimum absolute atomic E-state index is 0.0101. The van der Waals surface area contributed by atoms with Crippen LogP contribution in [0.4, 0.5) is 5.13 Å². The van der Waals surface area contributed by atoms with E-state index in [2.05, 4.69) is 56.3 Å². The SMILES string of the molecule is CC(C)N1CCN(CC(=O)Nc2nc3ccc(Sc4nnc5ccc(C6CC6)nn45)cc3s2)CC1. The fourth-order valence-corrected chi connectivity index (χ4v) is 6.19. The van der Waals surface area contributed by atoms with Crippen molar-refractivity contribution in [3.05, 3.63) is 36.0 Å².